The average Bonchev–Trinajstić information content (AvgIpc) is 2.72. The number of ether oxygens (including phenoxy) is 3. The summed E-state index contributed by atoms with van der Waals surface area (Å²) in [6, 6.07) is 3.31. The van der Waals surface area contributed by atoms with E-state index in [1.54, 1.807) is 12.1 Å². The highest BCUT2D eigenvalue weighted by atomic mass is 16.5. The molecule has 0 aliphatic carbocycles. The van der Waals surface area contributed by atoms with Crippen LogP contribution in [0, 0.1) is 0 Å². The van der Waals surface area contributed by atoms with Gasteiger partial charge in [-0.15, -0.1) is 0 Å². The first kappa shape index (κ1) is 20.1. The lowest BCUT2D eigenvalue weighted by atomic mass is 10.2. The predicted octanol–water partition coefficient (Wildman–Crippen LogP) is -0.796. The molecule has 1 fully saturated rings. The second kappa shape index (κ2) is 9.03. The van der Waals surface area contributed by atoms with Crippen LogP contribution in [0.5, 0.6) is 11.5 Å². The maximum Gasteiger partial charge on any atom is 0.277 e. The molecule has 0 radical (unpaired) electrons. The third-order valence-electron chi connectivity index (χ3n) is 4.94. The molecule has 2 heterocycles. The van der Waals surface area contributed by atoms with Crippen molar-refractivity contribution in [1.82, 2.24) is 14.9 Å². The fourth-order valence-corrected chi connectivity index (χ4v) is 3.29. The number of hydrogen-bond donors (Lipinski definition) is 2. The first-order chi connectivity index (χ1) is 13.5. The zero-order chi connectivity index (χ0) is 20.1. The third kappa shape index (κ3) is 4.42. The quantitative estimate of drug-likeness (QED) is 0.642. The minimum atomic E-state index is -0.240. The number of carbonyl (C=O) groups excluding carboxylic acids is 1. The molecule has 0 bridgehead atoms. The zero-order valence-corrected chi connectivity index (χ0v) is 16.5. The molecule has 0 spiro atoms. The van der Waals surface area contributed by atoms with Crippen molar-refractivity contribution >= 4 is 16.8 Å². The molecule has 28 heavy (non-hydrogen) atoms. The van der Waals surface area contributed by atoms with E-state index in [0.717, 1.165) is 11.4 Å². The lowest BCUT2D eigenvalue weighted by molar-refractivity contribution is -0.905. The van der Waals surface area contributed by atoms with Gasteiger partial charge in [0.15, 0.2) is 23.9 Å². The van der Waals surface area contributed by atoms with Crippen LogP contribution in [0.1, 0.15) is 12.7 Å². The lowest BCUT2D eigenvalue weighted by Crippen LogP contribution is -3.11. The normalized spacial score (nSPS) is 15.5. The number of nitrogens with zero attached hydrogens (tertiary/aromatic N) is 2. The van der Waals surface area contributed by atoms with Gasteiger partial charge >= 0.3 is 0 Å². The van der Waals surface area contributed by atoms with Crippen molar-refractivity contribution in [2.75, 3.05) is 53.6 Å². The van der Waals surface area contributed by atoms with E-state index in [1.807, 2.05) is 11.8 Å². The largest absolute Gasteiger partial charge is 0.493 e. The van der Waals surface area contributed by atoms with Crippen molar-refractivity contribution < 1.29 is 23.9 Å². The number of aromatic nitrogens is 2. The molecular weight excluding hydrogens is 364 g/mol. The molecule has 9 nitrogen and oxygen atoms in total. The number of benzene rings is 1. The van der Waals surface area contributed by atoms with Crippen LogP contribution >= 0.6 is 0 Å². The van der Waals surface area contributed by atoms with E-state index in [9.17, 15) is 9.59 Å². The number of rotatable bonds is 7. The Labute approximate surface area is 163 Å². The van der Waals surface area contributed by atoms with Crippen LogP contribution < -0.4 is 19.9 Å². The van der Waals surface area contributed by atoms with Crippen molar-refractivity contribution in [3.8, 4) is 11.5 Å². The van der Waals surface area contributed by atoms with E-state index in [0.29, 0.717) is 67.6 Å². The number of aromatic amines is 1. The average molecular weight is 391 g/mol. The van der Waals surface area contributed by atoms with Crippen LogP contribution in [0.15, 0.2) is 16.9 Å². The summed E-state index contributed by atoms with van der Waals surface area (Å²) in [5.74, 6) is 1.62. The second-order valence-electron chi connectivity index (χ2n) is 6.69. The van der Waals surface area contributed by atoms with Crippen molar-refractivity contribution in [3.63, 3.8) is 0 Å². The molecule has 1 amide bonds. The van der Waals surface area contributed by atoms with Gasteiger partial charge in [-0.25, -0.2) is 4.98 Å². The molecule has 1 saturated heterocycles. The molecular formula is C19H27N4O5+. The molecule has 9 heteroatoms. The number of carbonyl (C=O) groups is 1. The van der Waals surface area contributed by atoms with Crippen LogP contribution in [-0.4, -0.2) is 74.4 Å². The Hall–Kier alpha value is -2.65. The number of amides is 1. The molecule has 152 valence electrons. The minimum Gasteiger partial charge on any atom is -0.493 e. The molecule has 1 aliphatic rings. The van der Waals surface area contributed by atoms with Gasteiger partial charge in [-0.05, 0) is 13.0 Å². The van der Waals surface area contributed by atoms with Crippen molar-refractivity contribution in [1.29, 1.82) is 0 Å². The fraction of sp³-hybridized carbons (Fsp3) is 0.526. The smallest absolute Gasteiger partial charge is 0.277 e. The number of likely N-dealkylation sites (N-methyl/N-ethyl adjacent to an activating group) is 1. The lowest BCUT2D eigenvalue weighted by Gasteiger charge is -2.28. The van der Waals surface area contributed by atoms with Crippen molar-refractivity contribution in [2.24, 2.45) is 0 Å². The van der Waals surface area contributed by atoms with Crippen molar-refractivity contribution in [3.05, 3.63) is 28.3 Å². The summed E-state index contributed by atoms with van der Waals surface area (Å²) in [5, 5.41) is 0.434. The van der Waals surface area contributed by atoms with Gasteiger partial charge in [0.25, 0.3) is 11.5 Å². The van der Waals surface area contributed by atoms with Crippen LogP contribution in [0.25, 0.3) is 10.9 Å². The van der Waals surface area contributed by atoms with E-state index in [1.165, 1.54) is 14.2 Å². The van der Waals surface area contributed by atoms with Gasteiger partial charge in [0, 0.05) is 19.2 Å². The number of methoxy groups -OCH3 is 2. The van der Waals surface area contributed by atoms with E-state index >= 15 is 0 Å². The molecule has 1 atom stereocenters. The number of nitrogens with one attached hydrogen (secondary N) is 2. The van der Waals surface area contributed by atoms with Crippen molar-refractivity contribution in [2.45, 2.75) is 13.5 Å². The first-order valence-electron chi connectivity index (χ1n) is 9.39. The topological polar surface area (TPSA) is 98.2 Å². The van der Waals surface area contributed by atoms with E-state index < -0.39 is 0 Å². The molecule has 1 aromatic heterocycles. The Morgan fingerprint density at radius 3 is 2.57 bits per heavy atom. The van der Waals surface area contributed by atoms with Crippen LogP contribution in [0.3, 0.4) is 0 Å². The van der Waals surface area contributed by atoms with Gasteiger partial charge in [0.1, 0.15) is 6.54 Å². The van der Waals surface area contributed by atoms with E-state index in [-0.39, 0.29) is 11.5 Å². The summed E-state index contributed by atoms with van der Waals surface area (Å²) >= 11 is 0. The summed E-state index contributed by atoms with van der Waals surface area (Å²) in [5.41, 5.74) is 0.294. The third-order valence-corrected chi connectivity index (χ3v) is 4.94. The Balaban J connectivity index is 1.79. The molecule has 1 aromatic carbocycles. The second-order valence-corrected chi connectivity index (χ2v) is 6.69. The van der Waals surface area contributed by atoms with Gasteiger partial charge in [-0.3, -0.25) is 9.59 Å². The highest BCUT2D eigenvalue weighted by molar-refractivity contribution is 5.81. The monoisotopic (exact) mass is 391 g/mol. The number of H-pyrrole nitrogens is 1. The Morgan fingerprint density at radius 2 is 1.93 bits per heavy atom. The number of hydrogen-bond acceptors (Lipinski definition) is 6. The van der Waals surface area contributed by atoms with Gasteiger partial charge in [-0.1, -0.05) is 0 Å². The Kier molecular flexibility index (Phi) is 6.48. The van der Waals surface area contributed by atoms with Gasteiger partial charge in [0.05, 0.1) is 44.9 Å². The molecule has 0 saturated carbocycles. The number of quaternary nitrogens is 1. The first-order valence-corrected chi connectivity index (χ1v) is 9.39. The zero-order valence-electron chi connectivity index (χ0n) is 16.5. The molecule has 1 unspecified atom stereocenters. The maximum atomic E-state index is 12.5. The standard InChI is InChI=1S/C19H26N4O5/c1-4-22(12-18(24)23-5-7-28-8-6-23)11-17-20-14-10-16(27-3)15(26-2)9-13(14)19(25)21-17/h9-10H,4-8,11-12H2,1-3H3,(H,20,21,25)/p+1. The van der Waals surface area contributed by atoms with Crippen LogP contribution in [0.2, 0.25) is 0 Å². The van der Waals surface area contributed by atoms with Gasteiger partial charge in [0.2, 0.25) is 0 Å². The molecule has 2 N–H and O–H groups in total. The molecule has 1 aliphatic heterocycles. The summed E-state index contributed by atoms with van der Waals surface area (Å²) in [6.07, 6.45) is 0. The predicted molar refractivity (Wildman–Crippen MR) is 103 cm³/mol. The molecule has 2 aromatic rings. The van der Waals surface area contributed by atoms with Crippen LogP contribution in [0.4, 0.5) is 0 Å². The van der Waals surface area contributed by atoms with Crippen LogP contribution in [-0.2, 0) is 16.1 Å². The summed E-state index contributed by atoms with van der Waals surface area (Å²) in [7, 11) is 3.06. The highest BCUT2D eigenvalue weighted by Crippen LogP contribution is 2.29. The van der Waals surface area contributed by atoms with Gasteiger partial charge < -0.3 is 29.0 Å². The summed E-state index contributed by atoms with van der Waals surface area (Å²) < 4.78 is 15.9. The number of fused-ring (bicyclic) bond motifs is 1. The Bertz CT molecular complexity index is 892. The number of morpholine rings is 1. The SMILES string of the molecule is CC[NH+](CC(=O)N1CCOCC1)Cc1nc2cc(OC)c(OC)cc2c(=O)[nH]1. The summed E-state index contributed by atoms with van der Waals surface area (Å²) in [4.78, 5) is 35.3. The minimum absolute atomic E-state index is 0.0923. The summed E-state index contributed by atoms with van der Waals surface area (Å²) in [6.45, 7) is 5.97. The fourth-order valence-electron chi connectivity index (χ4n) is 3.29. The van der Waals surface area contributed by atoms with E-state index in [2.05, 4.69) is 9.97 Å². The van der Waals surface area contributed by atoms with Gasteiger partial charge in [-0.2, -0.15) is 0 Å². The molecule has 3 rings (SSSR count). The van der Waals surface area contributed by atoms with E-state index in [4.69, 9.17) is 14.2 Å². The highest BCUT2D eigenvalue weighted by Gasteiger charge is 2.22. The maximum absolute atomic E-state index is 12.5. The Morgan fingerprint density at radius 1 is 1.25 bits per heavy atom.